The van der Waals surface area contributed by atoms with Crippen molar-refractivity contribution >= 4 is 0 Å². The number of benzene rings is 2. The lowest BCUT2D eigenvalue weighted by molar-refractivity contribution is -0.000647. The maximum absolute atomic E-state index is 14.9. The van der Waals surface area contributed by atoms with Crippen molar-refractivity contribution in [2.45, 2.75) is 45.3 Å². The molecule has 2 unspecified atom stereocenters. The van der Waals surface area contributed by atoms with E-state index in [1.54, 1.807) is 12.1 Å². The van der Waals surface area contributed by atoms with E-state index in [4.69, 9.17) is 5.26 Å². The van der Waals surface area contributed by atoms with Crippen LogP contribution in [0.5, 0.6) is 0 Å². The molecule has 3 rings (SSSR count). The molecule has 0 N–H and O–H groups in total. The standard InChI is InChI=1S/C23H26F2N2/c1-2-10-23(11-13-26)12-14-27(17-22(23)25)16-20-9-8-19(15-21(20)24)18-6-4-3-5-7-18/h3-9,15,22H,2,10-12,14,16-17H2,1H3. The molecule has 0 saturated carbocycles. The highest BCUT2D eigenvalue weighted by Gasteiger charge is 2.42. The van der Waals surface area contributed by atoms with E-state index in [-0.39, 0.29) is 18.8 Å². The van der Waals surface area contributed by atoms with Crippen molar-refractivity contribution in [2.75, 3.05) is 13.1 Å². The van der Waals surface area contributed by atoms with Gasteiger partial charge in [-0.05, 0) is 36.6 Å². The van der Waals surface area contributed by atoms with Gasteiger partial charge in [-0.2, -0.15) is 5.26 Å². The second kappa shape index (κ2) is 8.63. The summed E-state index contributed by atoms with van der Waals surface area (Å²) >= 11 is 0. The number of nitriles is 1. The molecule has 0 radical (unpaired) electrons. The van der Waals surface area contributed by atoms with Crippen LogP contribution in [-0.4, -0.2) is 24.2 Å². The fourth-order valence-electron chi connectivity index (χ4n) is 4.14. The molecule has 1 aliphatic heterocycles. The summed E-state index contributed by atoms with van der Waals surface area (Å²) in [5.41, 5.74) is 1.88. The molecule has 2 aromatic carbocycles. The van der Waals surface area contributed by atoms with Crippen molar-refractivity contribution in [3.8, 4) is 17.2 Å². The monoisotopic (exact) mass is 368 g/mol. The zero-order chi connectivity index (χ0) is 19.3. The molecule has 4 heteroatoms. The summed E-state index contributed by atoms with van der Waals surface area (Å²) in [6.07, 6.45) is 1.47. The lowest BCUT2D eigenvalue weighted by atomic mass is 9.71. The van der Waals surface area contributed by atoms with Crippen molar-refractivity contribution < 1.29 is 8.78 Å². The van der Waals surface area contributed by atoms with Gasteiger partial charge in [0, 0.05) is 30.5 Å². The highest BCUT2D eigenvalue weighted by Crippen LogP contribution is 2.41. The normalized spacial score (nSPS) is 23.1. The van der Waals surface area contributed by atoms with Crippen LogP contribution in [-0.2, 0) is 6.54 Å². The summed E-state index contributed by atoms with van der Waals surface area (Å²) in [5, 5.41) is 9.11. The number of halogens is 2. The van der Waals surface area contributed by atoms with Gasteiger partial charge in [0.25, 0.3) is 0 Å². The third-order valence-electron chi connectivity index (χ3n) is 5.74. The number of alkyl halides is 1. The number of hydrogen-bond donors (Lipinski definition) is 0. The predicted molar refractivity (Wildman–Crippen MR) is 104 cm³/mol. The Kier molecular flexibility index (Phi) is 6.23. The largest absolute Gasteiger partial charge is 0.296 e. The maximum atomic E-state index is 14.9. The lowest BCUT2D eigenvalue weighted by Crippen LogP contribution is -2.48. The van der Waals surface area contributed by atoms with E-state index in [1.807, 2.05) is 48.2 Å². The molecule has 0 bridgehead atoms. The summed E-state index contributed by atoms with van der Waals surface area (Å²) in [5.74, 6) is -0.255. The molecule has 0 aliphatic carbocycles. The predicted octanol–water partition coefficient (Wildman–Crippen LogP) is 5.74. The van der Waals surface area contributed by atoms with Gasteiger partial charge in [-0.1, -0.05) is 55.8 Å². The van der Waals surface area contributed by atoms with E-state index in [0.717, 1.165) is 24.0 Å². The van der Waals surface area contributed by atoms with Gasteiger partial charge < -0.3 is 0 Å². The number of nitrogens with zero attached hydrogens (tertiary/aromatic N) is 2. The van der Waals surface area contributed by atoms with E-state index in [9.17, 15) is 8.78 Å². The van der Waals surface area contributed by atoms with Gasteiger partial charge in [-0.25, -0.2) is 8.78 Å². The Bertz CT molecular complexity index is 800. The van der Waals surface area contributed by atoms with Crippen molar-refractivity contribution in [1.29, 1.82) is 5.26 Å². The quantitative estimate of drug-likeness (QED) is 0.650. The molecular formula is C23H26F2N2. The second-order valence-corrected chi connectivity index (χ2v) is 7.57. The summed E-state index contributed by atoms with van der Waals surface area (Å²) in [7, 11) is 0. The average molecular weight is 368 g/mol. The molecule has 1 fully saturated rings. The van der Waals surface area contributed by atoms with Gasteiger partial charge in [0.15, 0.2) is 0 Å². The van der Waals surface area contributed by atoms with Crippen LogP contribution in [0.15, 0.2) is 48.5 Å². The zero-order valence-corrected chi connectivity index (χ0v) is 15.8. The number of likely N-dealkylation sites (tertiary alicyclic amines) is 1. The first-order chi connectivity index (χ1) is 13.1. The molecule has 1 heterocycles. The Hall–Kier alpha value is -2.25. The Balaban J connectivity index is 1.69. The van der Waals surface area contributed by atoms with Crippen molar-refractivity contribution in [2.24, 2.45) is 5.41 Å². The number of hydrogen-bond acceptors (Lipinski definition) is 2. The highest BCUT2D eigenvalue weighted by atomic mass is 19.1. The van der Waals surface area contributed by atoms with Gasteiger partial charge in [0.2, 0.25) is 0 Å². The van der Waals surface area contributed by atoms with Gasteiger partial charge in [0.1, 0.15) is 12.0 Å². The average Bonchev–Trinajstić information content (AvgIpc) is 2.67. The maximum Gasteiger partial charge on any atom is 0.128 e. The molecule has 142 valence electrons. The first-order valence-corrected chi connectivity index (χ1v) is 9.65. The molecule has 1 aliphatic rings. The van der Waals surface area contributed by atoms with E-state index in [2.05, 4.69) is 6.07 Å². The molecule has 2 atom stereocenters. The first kappa shape index (κ1) is 19.5. The van der Waals surface area contributed by atoms with Crippen molar-refractivity contribution in [3.63, 3.8) is 0 Å². The van der Waals surface area contributed by atoms with E-state index >= 15 is 0 Å². The fourth-order valence-corrected chi connectivity index (χ4v) is 4.14. The van der Waals surface area contributed by atoms with Crippen molar-refractivity contribution in [1.82, 2.24) is 4.90 Å². The Morgan fingerprint density at radius 1 is 1.19 bits per heavy atom. The molecule has 27 heavy (non-hydrogen) atoms. The Morgan fingerprint density at radius 2 is 1.96 bits per heavy atom. The third-order valence-corrected chi connectivity index (χ3v) is 5.74. The smallest absolute Gasteiger partial charge is 0.128 e. The van der Waals surface area contributed by atoms with Crippen LogP contribution in [0.1, 0.15) is 38.2 Å². The molecule has 2 aromatic rings. The van der Waals surface area contributed by atoms with E-state index in [0.29, 0.717) is 25.1 Å². The van der Waals surface area contributed by atoms with Crippen LogP contribution in [0.3, 0.4) is 0 Å². The van der Waals surface area contributed by atoms with Crippen LogP contribution in [0.2, 0.25) is 0 Å². The number of piperidine rings is 1. The minimum absolute atomic E-state index is 0.255. The lowest BCUT2D eigenvalue weighted by Gasteiger charge is -2.43. The summed E-state index contributed by atoms with van der Waals surface area (Å²) in [6, 6.07) is 17.1. The molecule has 0 aromatic heterocycles. The summed E-state index contributed by atoms with van der Waals surface area (Å²) in [6.45, 7) is 3.39. The molecular weight excluding hydrogens is 342 g/mol. The van der Waals surface area contributed by atoms with Gasteiger partial charge in [-0.3, -0.25) is 4.90 Å². The van der Waals surface area contributed by atoms with E-state index < -0.39 is 11.6 Å². The third kappa shape index (κ3) is 4.36. The summed E-state index contributed by atoms with van der Waals surface area (Å²) < 4.78 is 29.5. The Labute approximate surface area is 160 Å². The first-order valence-electron chi connectivity index (χ1n) is 9.65. The van der Waals surface area contributed by atoms with Gasteiger partial charge in [-0.15, -0.1) is 0 Å². The van der Waals surface area contributed by atoms with Gasteiger partial charge >= 0.3 is 0 Å². The van der Waals surface area contributed by atoms with Crippen LogP contribution < -0.4 is 0 Å². The van der Waals surface area contributed by atoms with Crippen LogP contribution >= 0.6 is 0 Å². The van der Waals surface area contributed by atoms with Crippen LogP contribution in [0.25, 0.3) is 11.1 Å². The van der Waals surface area contributed by atoms with Crippen LogP contribution in [0, 0.1) is 22.6 Å². The minimum Gasteiger partial charge on any atom is -0.296 e. The van der Waals surface area contributed by atoms with Crippen molar-refractivity contribution in [3.05, 3.63) is 59.9 Å². The summed E-state index contributed by atoms with van der Waals surface area (Å²) in [4.78, 5) is 1.97. The highest BCUT2D eigenvalue weighted by molar-refractivity contribution is 5.63. The number of rotatable bonds is 6. The Morgan fingerprint density at radius 3 is 2.59 bits per heavy atom. The zero-order valence-electron chi connectivity index (χ0n) is 15.8. The molecule has 1 saturated heterocycles. The molecule has 0 spiro atoms. The second-order valence-electron chi connectivity index (χ2n) is 7.57. The minimum atomic E-state index is -1.04. The SMILES string of the molecule is CCCC1(CC#N)CCN(Cc2ccc(-c3ccccc3)cc2F)CC1F. The molecule has 0 amide bonds. The fraction of sp³-hybridized carbons (Fsp3) is 0.435. The van der Waals surface area contributed by atoms with Gasteiger partial charge in [0.05, 0.1) is 6.07 Å². The van der Waals surface area contributed by atoms with E-state index in [1.165, 1.54) is 0 Å². The topological polar surface area (TPSA) is 27.0 Å². The van der Waals surface area contributed by atoms with Crippen LogP contribution in [0.4, 0.5) is 8.78 Å². The molecule has 2 nitrogen and oxygen atoms in total.